The first-order valence-electron chi connectivity index (χ1n) is 6.44. The van der Waals surface area contributed by atoms with Crippen molar-refractivity contribution in [2.75, 3.05) is 13.2 Å². The molecule has 0 radical (unpaired) electrons. The molecular formula is C14H19F4NO2. The minimum atomic E-state index is -4.68. The van der Waals surface area contributed by atoms with Gasteiger partial charge in [-0.05, 0) is 39.0 Å². The van der Waals surface area contributed by atoms with Gasteiger partial charge in [-0.15, -0.1) is 13.2 Å². The van der Waals surface area contributed by atoms with Gasteiger partial charge in [0.05, 0.1) is 6.61 Å². The van der Waals surface area contributed by atoms with E-state index in [-0.39, 0.29) is 12.1 Å². The summed E-state index contributed by atoms with van der Waals surface area (Å²) in [6.07, 6.45) is -4.68. The van der Waals surface area contributed by atoms with Gasteiger partial charge < -0.3 is 10.1 Å². The van der Waals surface area contributed by atoms with Gasteiger partial charge in [0.15, 0.2) is 0 Å². The van der Waals surface area contributed by atoms with E-state index in [4.69, 9.17) is 4.74 Å². The Labute approximate surface area is 121 Å². The second-order valence-electron chi connectivity index (χ2n) is 5.50. The highest BCUT2D eigenvalue weighted by atomic mass is 19.4. The van der Waals surface area contributed by atoms with Gasteiger partial charge in [0, 0.05) is 17.6 Å². The van der Waals surface area contributed by atoms with Gasteiger partial charge in [-0.1, -0.05) is 0 Å². The van der Waals surface area contributed by atoms with Gasteiger partial charge in [-0.3, -0.25) is 4.74 Å². The lowest BCUT2D eigenvalue weighted by molar-refractivity contribution is -0.325. The summed E-state index contributed by atoms with van der Waals surface area (Å²) in [6.45, 7) is 5.30. The summed E-state index contributed by atoms with van der Waals surface area (Å²) in [4.78, 5) is 0. The van der Waals surface area contributed by atoms with E-state index in [1.165, 1.54) is 18.2 Å². The number of nitrogens with one attached hydrogen (secondary N) is 1. The summed E-state index contributed by atoms with van der Waals surface area (Å²) in [6, 6.07) is 3.88. The summed E-state index contributed by atoms with van der Waals surface area (Å²) in [5.74, 6) is -0.0986. The summed E-state index contributed by atoms with van der Waals surface area (Å²) < 4.78 is 57.6. The molecule has 0 aliphatic carbocycles. The molecule has 0 aliphatic heterocycles. The van der Waals surface area contributed by atoms with Crippen LogP contribution in [0.5, 0.6) is 5.75 Å². The molecule has 21 heavy (non-hydrogen) atoms. The van der Waals surface area contributed by atoms with Crippen LogP contribution in [0.25, 0.3) is 0 Å². The Kier molecular flexibility index (Phi) is 5.98. The predicted octanol–water partition coefficient (Wildman–Crippen LogP) is 3.63. The lowest BCUT2D eigenvalue weighted by Gasteiger charge is -2.21. The average molecular weight is 309 g/mol. The summed E-state index contributed by atoms with van der Waals surface area (Å²) in [5.41, 5.74) is 0.361. The molecule has 0 unspecified atom stereocenters. The van der Waals surface area contributed by atoms with E-state index in [1.807, 2.05) is 20.8 Å². The van der Waals surface area contributed by atoms with Gasteiger partial charge in [0.1, 0.15) is 18.2 Å². The first-order chi connectivity index (χ1) is 9.57. The Morgan fingerprint density at radius 1 is 1.10 bits per heavy atom. The van der Waals surface area contributed by atoms with E-state index in [0.29, 0.717) is 17.9 Å². The maximum Gasteiger partial charge on any atom is 0.522 e. The fraction of sp³-hybridized carbons (Fsp3) is 0.571. The number of rotatable bonds is 6. The van der Waals surface area contributed by atoms with E-state index in [1.54, 1.807) is 0 Å². The number of hydrogen-bond donors (Lipinski definition) is 1. The van der Waals surface area contributed by atoms with Gasteiger partial charge in [0.25, 0.3) is 0 Å². The molecule has 0 aromatic heterocycles. The van der Waals surface area contributed by atoms with Gasteiger partial charge in [-0.2, -0.15) is 0 Å². The molecule has 1 aromatic carbocycles. The van der Waals surface area contributed by atoms with Gasteiger partial charge >= 0.3 is 6.36 Å². The Hall–Kier alpha value is -1.34. The largest absolute Gasteiger partial charge is 0.522 e. The van der Waals surface area contributed by atoms with Crippen LogP contribution in [-0.4, -0.2) is 25.1 Å². The zero-order valence-electron chi connectivity index (χ0n) is 12.2. The highest BCUT2D eigenvalue weighted by molar-refractivity contribution is 5.34. The van der Waals surface area contributed by atoms with Gasteiger partial charge in [0.2, 0.25) is 0 Å². The Morgan fingerprint density at radius 2 is 1.76 bits per heavy atom. The molecule has 0 saturated heterocycles. The first kappa shape index (κ1) is 17.7. The van der Waals surface area contributed by atoms with Crippen molar-refractivity contribution in [3.8, 4) is 5.75 Å². The van der Waals surface area contributed by atoms with E-state index in [0.717, 1.165) is 0 Å². The van der Waals surface area contributed by atoms with Crippen LogP contribution >= 0.6 is 0 Å². The molecule has 0 aliphatic rings. The van der Waals surface area contributed by atoms with Crippen molar-refractivity contribution < 1.29 is 27.0 Å². The van der Waals surface area contributed by atoms with Crippen LogP contribution in [0.3, 0.4) is 0 Å². The molecule has 0 saturated carbocycles. The topological polar surface area (TPSA) is 30.5 Å². The highest BCUT2D eigenvalue weighted by Crippen LogP contribution is 2.21. The molecule has 1 rings (SSSR count). The van der Waals surface area contributed by atoms with Crippen molar-refractivity contribution in [1.29, 1.82) is 0 Å². The number of hydrogen-bond acceptors (Lipinski definition) is 3. The Bertz CT molecular complexity index is 455. The van der Waals surface area contributed by atoms with Crippen molar-refractivity contribution in [3.05, 3.63) is 29.6 Å². The second-order valence-corrected chi connectivity index (χ2v) is 5.50. The smallest absolute Gasteiger partial charge is 0.491 e. The fourth-order valence-electron chi connectivity index (χ4n) is 1.50. The maximum atomic E-state index is 13.3. The summed E-state index contributed by atoms with van der Waals surface area (Å²) in [5, 5.41) is 3.16. The molecule has 3 nitrogen and oxygen atoms in total. The predicted molar refractivity (Wildman–Crippen MR) is 70.5 cm³/mol. The van der Waals surface area contributed by atoms with E-state index in [2.05, 4.69) is 10.1 Å². The van der Waals surface area contributed by atoms with Crippen LogP contribution < -0.4 is 10.1 Å². The Balaban J connectivity index is 2.60. The summed E-state index contributed by atoms with van der Waals surface area (Å²) in [7, 11) is 0. The van der Waals surface area contributed by atoms with Crippen molar-refractivity contribution in [2.24, 2.45) is 0 Å². The molecule has 0 spiro atoms. The first-order valence-corrected chi connectivity index (χ1v) is 6.44. The molecular weight excluding hydrogens is 290 g/mol. The van der Waals surface area contributed by atoms with Crippen LogP contribution in [0.2, 0.25) is 0 Å². The number of benzene rings is 1. The minimum Gasteiger partial charge on any atom is -0.491 e. The third kappa shape index (κ3) is 7.87. The zero-order chi connectivity index (χ0) is 16.1. The molecule has 0 bridgehead atoms. The number of ether oxygens (including phenoxy) is 2. The van der Waals surface area contributed by atoms with Crippen LogP contribution in [0.4, 0.5) is 17.6 Å². The monoisotopic (exact) mass is 309 g/mol. The molecule has 1 N–H and O–H groups in total. The van der Waals surface area contributed by atoms with Crippen LogP contribution in [0.15, 0.2) is 18.2 Å². The van der Waals surface area contributed by atoms with Crippen molar-refractivity contribution in [2.45, 2.75) is 39.2 Å². The van der Waals surface area contributed by atoms with Crippen LogP contribution in [0.1, 0.15) is 26.3 Å². The second kappa shape index (κ2) is 7.09. The quantitative estimate of drug-likeness (QED) is 0.643. The molecule has 1 aromatic rings. The van der Waals surface area contributed by atoms with Crippen LogP contribution in [-0.2, 0) is 11.3 Å². The lowest BCUT2D eigenvalue weighted by Crippen LogP contribution is -2.35. The maximum absolute atomic E-state index is 13.3. The van der Waals surface area contributed by atoms with E-state index in [9.17, 15) is 17.6 Å². The molecule has 0 heterocycles. The minimum absolute atomic E-state index is 0.178. The van der Waals surface area contributed by atoms with E-state index >= 15 is 0 Å². The SMILES string of the molecule is CC(C)(C)NCc1cc(F)ccc1OCCOC(F)(F)F. The highest BCUT2D eigenvalue weighted by Gasteiger charge is 2.28. The Morgan fingerprint density at radius 3 is 2.33 bits per heavy atom. The third-order valence-corrected chi connectivity index (χ3v) is 2.44. The average Bonchev–Trinajstić information content (AvgIpc) is 2.31. The van der Waals surface area contributed by atoms with Crippen molar-refractivity contribution in [3.63, 3.8) is 0 Å². The lowest BCUT2D eigenvalue weighted by atomic mass is 10.1. The number of halogens is 4. The number of alkyl halides is 3. The summed E-state index contributed by atoms with van der Waals surface area (Å²) >= 11 is 0. The van der Waals surface area contributed by atoms with Crippen molar-refractivity contribution >= 4 is 0 Å². The van der Waals surface area contributed by atoms with E-state index < -0.39 is 18.8 Å². The third-order valence-electron chi connectivity index (χ3n) is 2.44. The van der Waals surface area contributed by atoms with Gasteiger partial charge in [-0.25, -0.2) is 4.39 Å². The fourth-order valence-corrected chi connectivity index (χ4v) is 1.50. The standard InChI is InChI=1S/C14H19F4NO2/c1-13(2,3)19-9-10-8-11(15)4-5-12(10)20-6-7-21-14(16,17)18/h4-5,8,19H,6-7,9H2,1-3H3. The normalized spacial score (nSPS) is 12.5. The molecule has 0 atom stereocenters. The molecule has 0 fully saturated rings. The molecule has 7 heteroatoms. The van der Waals surface area contributed by atoms with Crippen LogP contribution in [0, 0.1) is 5.82 Å². The molecule has 0 amide bonds. The molecule has 120 valence electrons. The zero-order valence-corrected chi connectivity index (χ0v) is 12.2. The van der Waals surface area contributed by atoms with Crippen molar-refractivity contribution in [1.82, 2.24) is 5.32 Å².